The van der Waals surface area contributed by atoms with Crippen molar-refractivity contribution < 1.29 is 9.84 Å². The van der Waals surface area contributed by atoms with E-state index in [1.165, 1.54) is 6.20 Å². The van der Waals surface area contributed by atoms with Gasteiger partial charge in [-0.2, -0.15) is 5.26 Å². The maximum Gasteiger partial charge on any atom is 0.140 e. The summed E-state index contributed by atoms with van der Waals surface area (Å²) in [7, 11) is 1.73. The van der Waals surface area contributed by atoms with Crippen molar-refractivity contribution in [2.45, 2.75) is 37.6 Å². The molecular weight excluding hydrogens is 254 g/mol. The van der Waals surface area contributed by atoms with Crippen molar-refractivity contribution in [3.8, 4) is 6.07 Å². The molecule has 2 aliphatic heterocycles. The molecule has 0 aromatic carbocycles. The molecule has 2 bridgehead atoms. The third kappa shape index (κ3) is 1.43. The minimum Gasteiger partial charge on any atom is -0.383 e. The van der Waals surface area contributed by atoms with E-state index >= 15 is 0 Å². The first-order valence-corrected chi connectivity index (χ1v) is 6.38. The van der Waals surface area contributed by atoms with Gasteiger partial charge >= 0.3 is 0 Å². The van der Waals surface area contributed by atoms with E-state index < -0.39 is 11.5 Å². The highest BCUT2D eigenvalue weighted by molar-refractivity contribution is 6.29. The van der Waals surface area contributed by atoms with Gasteiger partial charge in [0.2, 0.25) is 0 Å². The Balaban J connectivity index is 1.99. The van der Waals surface area contributed by atoms with E-state index in [1.54, 1.807) is 11.6 Å². The predicted octanol–water partition coefficient (Wildman–Crippen LogP) is 1.57. The lowest BCUT2D eigenvalue weighted by Crippen LogP contribution is -2.38. The van der Waals surface area contributed by atoms with Crippen molar-refractivity contribution in [1.29, 1.82) is 5.26 Å². The Labute approximate surface area is 110 Å². The summed E-state index contributed by atoms with van der Waals surface area (Å²) in [5, 5.41) is 20.5. The number of aromatic nitrogens is 2. The van der Waals surface area contributed by atoms with Gasteiger partial charge in [-0.05, 0) is 19.3 Å². The van der Waals surface area contributed by atoms with Gasteiger partial charge in [0, 0.05) is 7.05 Å². The number of nitriles is 1. The topological polar surface area (TPSA) is 71.1 Å². The summed E-state index contributed by atoms with van der Waals surface area (Å²) < 4.78 is 7.32. The van der Waals surface area contributed by atoms with Crippen LogP contribution in [0, 0.1) is 16.7 Å². The first-order chi connectivity index (χ1) is 8.58. The van der Waals surface area contributed by atoms with Gasteiger partial charge in [0.25, 0.3) is 0 Å². The number of fused-ring (bicyclic) bond motifs is 2. The van der Waals surface area contributed by atoms with Crippen LogP contribution in [0.1, 0.15) is 31.2 Å². The van der Waals surface area contributed by atoms with Crippen molar-refractivity contribution in [3.05, 3.63) is 17.2 Å². The van der Waals surface area contributed by atoms with Crippen LogP contribution in [0.5, 0.6) is 0 Å². The largest absolute Gasteiger partial charge is 0.383 e. The second-order valence-electron chi connectivity index (χ2n) is 5.08. The van der Waals surface area contributed by atoms with Crippen molar-refractivity contribution in [2.24, 2.45) is 12.5 Å². The van der Waals surface area contributed by atoms with Crippen LogP contribution < -0.4 is 0 Å². The van der Waals surface area contributed by atoms with Crippen LogP contribution >= 0.6 is 11.6 Å². The van der Waals surface area contributed by atoms with E-state index in [9.17, 15) is 10.4 Å². The maximum atomic E-state index is 10.5. The van der Waals surface area contributed by atoms with Crippen LogP contribution in [0.25, 0.3) is 0 Å². The number of halogens is 1. The van der Waals surface area contributed by atoms with E-state index in [0.717, 1.165) is 12.8 Å². The van der Waals surface area contributed by atoms with E-state index in [-0.39, 0.29) is 12.2 Å². The van der Waals surface area contributed by atoms with E-state index in [4.69, 9.17) is 16.3 Å². The van der Waals surface area contributed by atoms with Crippen molar-refractivity contribution in [2.75, 3.05) is 0 Å². The van der Waals surface area contributed by atoms with Crippen molar-refractivity contribution in [3.63, 3.8) is 0 Å². The van der Waals surface area contributed by atoms with Gasteiger partial charge in [-0.25, -0.2) is 4.98 Å². The van der Waals surface area contributed by atoms with Gasteiger partial charge < -0.3 is 14.4 Å². The van der Waals surface area contributed by atoms with Gasteiger partial charge in [-0.3, -0.25) is 0 Å². The Hall–Kier alpha value is -1.09. The summed E-state index contributed by atoms with van der Waals surface area (Å²) in [6.07, 6.45) is 2.79. The SMILES string of the molecule is Cn1c(Cl)cnc1C(O)C1(C#N)CC2CCC1O2. The standard InChI is InChI=1S/C12H14ClN3O2/c1-16-9(13)5-15-11(16)10(17)12(6-14)4-7-2-3-8(12)18-7/h5,7-8,10,17H,2-4H2,1H3. The molecule has 2 aliphatic rings. The van der Waals surface area contributed by atoms with Gasteiger partial charge in [0.1, 0.15) is 22.5 Å². The fourth-order valence-corrected chi connectivity index (χ4v) is 3.23. The molecule has 0 radical (unpaired) electrons. The third-order valence-electron chi connectivity index (χ3n) is 4.16. The molecule has 4 unspecified atom stereocenters. The fourth-order valence-electron chi connectivity index (χ4n) is 3.10. The van der Waals surface area contributed by atoms with Gasteiger partial charge in [-0.1, -0.05) is 11.6 Å². The second kappa shape index (κ2) is 3.95. The lowest BCUT2D eigenvalue weighted by Gasteiger charge is -2.32. The Morgan fingerprint density at radius 3 is 2.94 bits per heavy atom. The van der Waals surface area contributed by atoms with Crippen molar-refractivity contribution >= 4 is 11.6 Å². The van der Waals surface area contributed by atoms with Crippen molar-refractivity contribution in [1.82, 2.24) is 9.55 Å². The number of hydrogen-bond donors (Lipinski definition) is 1. The molecule has 6 heteroatoms. The summed E-state index contributed by atoms with van der Waals surface area (Å²) in [5.41, 5.74) is -0.884. The van der Waals surface area contributed by atoms with E-state index in [2.05, 4.69) is 11.1 Å². The monoisotopic (exact) mass is 267 g/mol. The molecule has 2 fully saturated rings. The van der Waals surface area contributed by atoms with Crippen LogP contribution in [0.2, 0.25) is 5.15 Å². The van der Waals surface area contributed by atoms with Gasteiger partial charge in [0.15, 0.2) is 0 Å². The maximum absolute atomic E-state index is 10.5. The molecule has 0 aliphatic carbocycles. The molecule has 18 heavy (non-hydrogen) atoms. The van der Waals surface area contributed by atoms with Crippen LogP contribution in [-0.4, -0.2) is 26.9 Å². The molecular formula is C12H14ClN3O2. The Morgan fingerprint density at radius 1 is 1.72 bits per heavy atom. The molecule has 0 spiro atoms. The minimum atomic E-state index is -0.963. The molecule has 3 heterocycles. The van der Waals surface area contributed by atoms with Crippen LogP contribution in [-0.2, 0) is 11.8 Å². The van der Waals surface area contributed by atoms with Gasteiger partial charge in [0.05, 0.1) is 24.5 Å². The highest BCUT2D eigenvalue weighted by atomic mass is 35.5. The first-order valence-electron chi connectivity index (χ1n) is 6.00. The zero-order valence-electron chi connectivity index (χ0n) is 10.0. The highest BCUT2D eigenvalue weighted by Gasteiger charge is 2.58. The van der Waals surface area contributed by atoms with E-state index in [0.29, 0.717) is 17.4 Å². The molecule has 3 rings (SSSR count). The average Bonchev–Trinajstić information content (AvgIpc) is 3.05. The molecule has 4 atom stereocenters. The Kier molecular flexibility index (Phi) is 2.63. The van der Waals surface area contributed by atoms with E-state index in [1.807, 2.05) is 0 Å². The minimum absolute atomic E-state index is 0.0973. The number of aliphatic hydroxyl groups is 1. The van der Waals surface area contributed by atoms with Crippen LogP contribution in [0.3, 0.4) is 0 Å². The zero-order valence-corrected chi connectivity index (χ0v) is 10.8. The Morgan fingerprint density at radius 2 is 2.50 bits per heavy atom. The molecule has 2 saturated heterocycles. The summed E-state index contributed by atoms with van der Waals surface area (Å²) in [4.78, 5) is 4.11. The fraction of sp³-hybridized carbons (Fsp3) is 0.667. The molecule has 1 aromatic rings. The average molecular weight is 268 g/mol. The smallest absolute Gasteiger partial charge is 0.140 e. The van der Waals surface area contributed by atoms with Crippen LogP contribution in [0.4, 0.5) is 0 Å². The number of nitrogens with zero attached hydrogens (tertiary/aromatic N) is 3. The number of rotatable bonds is 2. The summed E-state index contributed by atoms with van der Waals surface area (Å²) in [6.45, 7) is 0. The number of ether oxygens (including phenoxy) is 1. The predicted molar refractivity (Wildman–Crippen MR) is 63.7 cm³/mol. The molecule has 0 saturated carbocycles. The second-order valence-corrected chi connectivity index (χ2v) is 5.47. The lowest BCUT2D eigenvalue weighted by atomic mass is 9.71. The van der Waals surface area contributed by atoms with Gasteiger partial charge in [-0.15, -0.1) is 0 Å². The normalized spacial score (nSPS) is 35.7. The summed E-state index contributed by atoms with van der Waals surface area (Å²) in [6, 6.07) is 2.27. The third-order valence-corrected chi connectivity index (χ3v) is 4.51. The molecule has 1 aromatic heterocycles. The molecule has 5 nitrogen and oxygen atoms in total. The first kappa shape index (κ1) is 12.0. The number of imidazole rings is 1. The summed E-state index contributed by atoms with van der Waals surface area (Å²) in [5.74, 6) is 0.428. The van der Waals surface area contributed by atoms with Crippen LogP contribution in [0.15, 0.2) is 6.20 Å². The quantitative estimate of drug-likeness (QED) is 0.883. The Bertz CT molecular complexity index is 524. The molecule has 96 valence electrons. The summed E-state index contributed by atoms with van der Waals surface area (Å²) >= 11 is 5.92. The lowest BCUT2D eigenvalue weighted by molar-refractivity contribution is -0.00242. The zero-order chi connectivity index (χ0) is 12.9. The molecule has 0 amide bonds. The highest BCUT2D eigenvalue weighted by Crippen LogP contribution is 2.53. The molecule has 1 N–H and O–H groups in total. The number of hydrogen-bond acceptors (Lipinski definition) is 4. The number of aliphatic hydroxyl groups excluding tert-OH is 1.